The number of thioether (sulfide) groups is 1. The van der Waals surface area contributed by atoms with Gasteiger partial charge in [0.05, 0.1) is 0 Å². The van der Waals surface area contributed by atoms with Gasteiger partial charge < -0.3 is 5.32 Å². The highest BCUT2D eigenvalue weighted by Crippen LogP contribution is 2.18. The molecule has 1 fully saturated rings. The molecule has 1 aliphatic carbocycles. The zero-order valence-corrected chi connectivity index (χ0v) is 10.1. The Hall–Kier alpha value is -0.470. The minimum Gasteiger partial charge on any atom is -0.314 e. The minimum atomic E-state index is 0.851. The molecule has 1 saturated carbocycles. The average Bonchev–Trinajstić information content (AvgIpc) is 3.09. The smallest absolute Gasteiger partial charge is 0.00693 e. The number of hydrogen-bond acceptors (Lipinski definition) is 2. The van der Waals surface area contributed by atoms with Crippen LogP contribution in [0.4, 0.5) is 0 Å². The Morgan fingerprint density at radius 3 is 2.60 bits per heavy atom. The first kappa shape index (κ1) is 11.0. The molecule has 1 N–H and O–H groups in total. The Kier molecular flexibility index (Phi) is 4.09. The lowest BCUT2D eigenvalue weighted by atomic mass is 10.1. The molecule has 2 heteroatoms. The molecule has 0 bridgehead atoms. The maximum Gasteiger partial charge on any atom is 0.00693 e. The fourth-order valence-electron chi connectivity index (χ4n) is 1.68. The summed E-state index contributed by atoms with van der Waals surface area (Å²) in [5.41, 5.74) is 1.46. The van der Waals surface area contributed by atoms with Crippen molar-refractivity contribution in [3.05, 3.63) is 29.8 Å². The number of benzene rings is 1. The molecule has 1 aliphatic rings. The Bertz CT molecular complexity index is 290. The Morgan fingerprint density at radius 1 is 1.27 bits per heavy atom. The van der Waals surface area contributed by atoms with Crippen LogP contribution in [0.15, 0.2) is 29.2 Å². The zero-order valence-electron chi connectivity index (χ0n) is 9.33. The van der Waals surface area contributed by atoms with Crippen LogP contribution in [0.2, 0.25) is 0 Å². The second-order valence-corrected chi connectivity index (χ2v) is 5.06. The summed E-state index contributed by atoms with van der Waals surface area (Å²) in [6.07, 6.45) is 7.36. The van der Waals surface area contributed by atoms with Gasteiger partial charge in [0.2, 0.25) is 0 Å². The number of aryl methyl sites for hydroxylation is 1. The van der Waals surface area contributed by atoms with Crippen molar-refractivity contribution in [3.8, 4) is 0 Å². The Balaban J connectivity index is 1.67. The maximum atomic E-state index is 3.55. The summed E-state index contributed by atoms with van der Waals surface area (Å²) in [5.74, 6) is 0. The van der Waals surface area contributed by atoms with Crippen LogP contribution >= 0.6 is 11.8 Å². The molecule has 1 aromatic carbocycles. The van der Waals surface area contributed by atoms with Crippen LogP contribution in [0.25, 0.3) is 0 Å². The van der Waals surface area contributed by atoms with Gasteiger partial charge in [0.1, 0.15) is 0 Å². The third-order valence-corrected chi connectivity index (χ3v) is 3.56. The maximum absolute atomic E-state index is 3.55. The largest absolute Gasteiger partial charge is 0.314 e. The lowest BCUT2D eigenvalue weighted by molar-refractivity contribution is 0.645. The third-order valence-electron chi connectivity index (χ3n) is 2.81. The van der Waals surface area contributed by atoms with E-state index in [9.17, 15) is 0 Å². The van der Waals surface area contributed by atoms with Gasteiger partial charge in [0.25, 0.3) is 0 Å². The Labute approximate surface area is 96.7 Å². The first-order valence-corrected chi connectivity index (χ1v) is 6.97. The van der Waals surface area contributed by atoms with E-state index in [0.717, 1.165) is 6.04 Å². The highest BCUT2D eigenvalue weighted by molar-refractivity contribution is 7.98. The van der Waals surface area contributed by atoms with Crippen molar-refractivity contribution in [1.82, 2.24) is 5.32 Å². The van der Waals surface area contributed by atoms with Crippen molar-refractivity contribution in [2.24, 2.45) is 0 Å². The second-order valence-electron chi connectivity index (χ2n) is 4.18. The van der Waals surface area contributed by atoms with Crippen molar-refractivity contribution >= 4 is 11.8 Å². The molecule has 0 aromatic heterocycles. The zero-order chi connectivity index (χ0) is 10.5. The summed E-state index contributed by atoms with van der Waals surface area (Å²) < 4.78 is 0. The van der Waals surface area contributed by atoms with Gasteiger partial charge in [-0.25, -0.2) is 0 Å². The molecule has 0 amide bonds. The van der Waals surface area contributed by atoms with Crippen LogP contribution in [-0.4, -0.2) is 18.8 Å². The molecule has 2 rings (SSSR count). The number of hydrogen-bond donors (Lipinski definition) is 1. The van der Waals surface area contributed by atoms with E-state index in [2.05, 4.69) is 35.8 Å². The molecule has 0 spiro atoms. The highest BCUT2D eigenvalue weighted by Gasteiger charge is 2.19. The van der Waals surface area contributed by atoms with E-state index in [0.29, 0.717) is 0 Å². The fourth-order valence-corrected chi connectivity index (χ4v) is 2.09. The summed E-state index contributed by atoms with van der Waals surface area (Å²) in [6, 6.07) is 9.79. The molecule has 0 heterocycles. The van der Waals surface area contributed by atoms with Gasteiger partial charge in [-0.1, -0.05) is 12.1 Å². The minimum absolute atomic E-state index is 0.851. The molecule has 82 valence electrons. The van der Waals surface area contributed by atoms with E-state index >= 15 is 0 Å². The molecule has 0 atom stereocenters. The predicted molar refractivity (Wildman–Crippen MR) is 67.6 cm³/mol. The van der Waals surface area contributed by atoms with Crippen LogP contribution in [0.5, 0.6) is 0 Å². The van der Waals surface area contributed by atoms with E-state index in [4.69, 9.17) is 0 Å². The third kappa shape index (κ3) is 3.88. The predicted octanol–water partition coefficient (Wildman–Crippen LogP) is 3.09. The summed E-state index contributed by atoms with van der Waals surface area (Å²) >= 11 is 1.81. The molecule has 1 aromatic rings. The Morgan fingerprint density at radius 2 is 2.00 bits per heavy atom. The SMILES string of the molecule is CSc1ccc(CCCNC2CC2)cc1. The van der Waals surface area contributed by atoms with Crippen LogP contribution in [0.1, 0.15) is 24.8 Å². The van der Waals surface area contributed by atoms with Crippen LogP contribution < -0.4 is 5.32 Å². The van der Waals surface area contributed by atoms with Crippen molar-refractivity contribution < 1.29 is 0 Å². The summed E-state index contributed by atoms with van der Waals surface area (Å²) in [6.45, 7) is 1.18. The molecule has 0 unspecified atom stereocenters. The molecular formula is C13H19NS. The molecular weight excluding hydrogens is 202 g/mol. The average molecular weight is 221 g/mol. The molecule has 0 radical (unpaired) electrons. The molecule has 0 aliphatic heterocycles. The topological polar surface area (TPSA) is 12.0 Å². The summed E-state index contributed by atoms with van der Waals surface area (Å²) in [4.78, 5) is 1.36. The van der Waals surface area contributed by atoms with Crippen molar-refractivity contribution in [2.45, 2.75) is 36.6 Å². The molecule has 0 saturated heterocycles. The van der Waals surface area contributed by atoms with Gasteiger partial charge in [-0.3, -0.25) is 0 Å². The highest BCUT2D eigenvalue weighted by atomic mass is 32.2. The standard InChI is InChI=1S/C13H19NS/c1-15-13-8-4-11(5-9-13)3-2-10-14-12-6-7-12/h4-5,8-9,12,14H,2-3,6-7,10H2,1H3. The van der Waals surface area contributed by atoms with Crippen molar-refractivity contribution in [2.75, 3.05) is 12.8 Å². The van der Waals surface area contributed by atoms with Gasteiger partial charge in [-0.05, 0) is 56.2 Å². The quantitative estimate of drug-likeness (QED) is 0.585. The van der Waals surface area contributed by atoms with Crippen molar-refractivity contribution in [1.29, 1.82) is 0 Å². The number of rotatable bonds is 6. The van der Waals surface area contributed by atoms with Gasteiger partial charge in [-0.2, -0.15) is 0 Å². The lowest BCUT2D eigenvalue weighted by Crippen LogP contribution is -2.17. The molecule has 1 nitrogen and oxygen atoms in total. The van der Waals surface area contributed by atoms with Gasteiger partial charge in [0, 0.05) is 10.9 Å². The second kappa shape index (κ2) is 5.57. The van der Waals surface area contributed by atoms with Gasteiger partial charge >= 0.3 is 0 Å². The van der Waals surface area contributed by atoms with Gasteiger partial charge in [0.15, 0.2) is 0 Å². The lowest BCUT2D eigenvalue weighted by Gasteiger charge is -2.04. The van der Waals surface area contributed by atoms with E-state index in [-0.39, 0.29) is 0 Å². The van der Waals surface area contributed by atoms with Crippen LogP contribution in [-0.2, 0) is 6.42 Å². The van der Waals surface area contributed by atoms with E-state index in [1.807, 2.05) is 0 Å². The number of nitrogens with one attached hydrogen (secondary N) is 1. The fraction of sp³-hybridized carbons (Fsp3) is 0.538. The van der Waals surface area contributed by atoms with E-state index in [1.165, 1.54) is 42.7 Å². The van der Waals surface area contributed by atoms with Crippen LogP contribution in [0, 0.1) is 0 Å². The monoisotopic (exact) mass is 221 g/mol. The van der Waals surface area contributed by atoms with Crippen LogP contribution in [0.3, 0.4) is 0 Å². The first-order valence-electron chi connectivity index (χ1n) is 5.75. The summed E-state index contributed by atoms with van der Waals surface area (Å²) in [5, 5.41) is 3.55. The molecule has 15 heavy (non-hydrogen) atoms. The van der Waals surface area contributed by atoms with E-state index < -0.39 is 0 Å². The van der Waals surface area contributed by atoms with E-state index in [1.54, 1.807) is 11.8 Å². The van der Waals surface area contributed by atoms with Crippen molar-refractivity contribution in [3.63, 3.8) is 0 Å². The summed E-state index contributed by atoms with van der Waals surface area (Å²) in [7, 11) is 0. The first-order chi connectivity index (χ1) is 7.38. The normalized spacial score (nSPS) is 15.5. The van der Waals surface area contributed by atoms with Gasteiger partial charge in [-0.15, -0.1) is 11.8 Å².